The normalized spacial score (nSPS) is 10.7. The number of hydrogen-bond donors (Lipinski definition) is 1. The first-order chi connectivity index (χ1) is 9.65. The predicted molar refractivity (Wildman–Crippen MR) is 77.1 cm³/mol. The monoisotopic (exact) mass is 295 g/mol. The van der Waals surface area contributed by atoms with E-state index in [-0.39, 0.29) is 16.8 Å². The Bertz CT molecular complexity index is 709. The van der Waals surface area contributed by atoms with Crippen molar-refractivity contribution >= 4 is 23.1 Å². The van der Waals surface area contributed by atoms with Gasteiger partial charge in [-0.25, -0.2) is 0 Å². The van der Waals surface area contributed by atoms with E-state index in [4.69, 9.17) is 0 Å². The molecule has 8 nitrogen and oxygen atoms in total. The molecule has 0 spiro atoms. The van der Waals surface area contributed by atoms with Gasteiger partial charge in [-0.2, -0.15) is 0 Å². The highest BCUT2D eigenvalue weighted by molar-refractivity contribution is 5.80. The van der Waals surface area contributed by atoms with Crippen LogP contribution >= 0.6 is 0 Å². The van der Waals surface area contributed by atoms with Gasteiger partial charge < -0.3 is 4.74 Å². The molecule has 8 heteroatoms. The first-order valence-corrected chi connectivity index (χ1v) is 6.10. The van der Waals surface area contributed by atoms with E-state index in [0.717, 1.165) is 0 Å². The molecule has 1 aromatic carbocycles. The fourth-order valence-electron chi connectivity index (χ4n) is 1.48. The van der Waals surface area contributed by atoms with E-state index in [1.54, 1.807) is 7.05 Å². The summed E-state index contributed by atoms with van der Waals surface area (Å²) >= 11 is 0. The first kappa shape index (κ1) is 16.4. The molecule has 1 aromatic heterocycles. The van der Waals surface area contributed by atoms with Crippen molar-refractivity contribution in [2.75, 3.05) is 0 Å². The van der Waals surface area contributed by atoms with E-state index < -0.39 is 4.92 Å². The van der Waals surface area contributed by atoms with Crippen LogP contribution in [0.3, 0.4) is 0 Å². The van der Waals surface area contributed by atoms with Gasteiger partial charge in [0.25, 0.3) is 17.7 Å². The number of fused-ring (bicyclic) bond motifs is 1. The number of carbonyl (C=O) groups is 1. The van der Waals surface area contributed by atoms with E-state index in [1.165, 1.54) is 22.9 Å². The lowest BCUT2D eigenvalue weighted by Crippen LogP contribution is -2.17. The van der Waals surface area contributed by atoms with Crippen molar-refractivity contribution < 1.29 is 14.5 Å². The van der Waals surface area contributed by atoms with Gasteiger partial charge in [0.05, 0.1) is 15.8 Å². The molecule has 0 bridgehead atoms. The number of nitro groups is 1. The second-order valence-corrected chi connectivity index (χ2v) is 5.29. The minimum atomic E-state index is -0.495. The topological polar surface area (TPSA) is 107 Å². The third-order valence-electron chi connectivity index (χ3n) is 2.44. The number of rotatable bonds is 2. The zero-order chi connectivity index (χ0) is 16.2. The Morgan fingerprint density at radius 2 is 2.00 bits per heavy atom. The summed E-state index contributed by atoms with van der Waals surface area (Å²) < 4.78 is 5.83. The number of ether oxygens (including phenoxy) is 1. The van der Waals surface area contributed by atoms with E-state index in [9.17, 15) is 19.7 Å². The molecule has 2 aromatic rings. The van der Waals surface area contributed by atoms with Gasteiger partial charge in [-0.3, -0.25) is 29.5 Å². The van der Waals surface area contributed by atoms with Gasteiger partial charge in [0.1, 0.15) is 5.60 Å². The number of nitrogens with zero attached hydrogens (tertiary/aromatic N) is 2. The molecule has 0 aliphatic heterocycles. The van der Waals surface area contributed by atoms with Crippen LogP contribution in [0.4, 0.5) is 5.69 Å². The van der Waals surface area contributed by atoms with Gasteiger partial charge in [0.2, 0.25) is 0 Å². The molecule has 114 valence electrons. The fraction of sp³-hybridized carbons (Fsp3) is 0.385. The van der Waals surface area contributed by atoms with E-state index in [1.807, 2.05) is 20.8 Å². The van der Waals surface area contributed by atoms with Crippen LogP contribution in [0.1, 0.15) is 20.8 Å². The van der Waals surface area contributed by atoms with Crippen LogP contribution in [0.5, 0.6) is 0 Å². The maximum absolute atomic E-state index is 11.4. The summed E-state index contributed by atoms with van der Waals surface area (Å²) in [5, 5.41) is 13.6. The molecule has 0 saturated carbocycles. The van der Waals surface area contributed by atoms with Crippen LogP contribution in [0.2, 0.25) is 0 Å². The Morgan fingerprint density at radius 3 is 2.43 bits per heavy atom. The summed E-state index contributed by atoms with van der Waals surface area (Å²) in [6.07, 6.45) is 0. The first-order valence-electron chi connectivity index (χ1n) is 6.10. The minimum Gasteiger partial charge on any atom is -0.462 e. The number of aryl methyl sites for hydroxylation is 1. The van der Waals surface area contributed by atoms with Crippen molar-refractivity contribution in [3.63, 3.8) is 0 Å². The molecule has 21 heavy (non-hydrogen) atoms. The maximum atomic E-state index is 11.4. The molecule has 2 rings (SSSR count). The number of aromatic nitrogens is 2. The molecule has 0 radical (unpaired) electrons. The Balaban J connectivity index is 0.000000270. The molecule has 0 aliphatic rings. The molecule has 0 unspecified atom stereocenters. The highest BCUT2D eigenvalue weighted by atomic mass is 16.6. The van der Waals surface area contributed by atoms with Gasteiger partial charge in [-0.1, -0.05) is 0 Å². The van der Waals surface area contributed by atoms with Crippen molar-refractivity contribution in [3.8, 4) is 0 Å². The zero-order valence-corrected chi connectivity index (χ0v) is 12.2. The van der Waals surface area contributed by atoms with Crippen molar-refractivity contribution in [1.82, 2.24) is 9.78 Å². The van der Waals surface area contributed by atoms with Crippen LogP contribution in [0.25, 0.3) is 10.9 Å². The smallest absolute Gasteiger partial charge is 0.293 e. The summed E-state index contributed by atoms with van der Waals surface area (Å²) in [5.74, 6) is 0. The Morgan fingerprint density at radius 1 is 1.38 bits per heavy atom. The van der Waals surface area contributed by atoms with E-state index in [0.29, 0.717) is 17.4 Å². The van der Waals surface area contributed by atoms with Gasteiger partial charge in [0.15, 0.2) is 0 Å². The lowest BCUT2D eigenvalue weighted by molar-refractivity contribution is -0.384. The zero-order valence-electron chi connectivity index (χ0n) is 12.2. The highest BCUT2D eigenvalue weighted by Crippen LogP contribution is 2.16. The summed E-state index contributed by atoms with van der Waals surface area (Å²) in [5.41, 5.74) is -0.0529. The predicted octanol–water partition coefficient (Wildman–Crippen LogP) is 1.73. The number of nitrogens with one attached hydrogen (secondary N) is 1. The molecular formula is C13H17N3O5. The van der Waals surface area contributed by atoms with Crippen LogP contribution in [-0.2, 0) is 16.6 Å². The summed E-state index contributed by atoms with van der Waals surface area (Å²) in [4.78, 5) is 30.9. The van der Waals surface area contributed by atoms with E-state index in [2.05, 4.69) is 9.84 Å². The molecule has 0 amide bonds. The second kappa shape index (κ2) is 6.21. The largest absolute Gasteiger partial charge is 0.462 e. The summed E-state index contributed by atoms with van der Waals surface area (Å²) in [6, 6.07) is 4.11. The van der Waals surface area contributed by atoms with Crippen molar-refractivity contribution in [2.45, 2.75) is 26.4 Å². The van der Waals surface area contributed by atoms with Gasteiger partial charge in [-0.15, -0.1) is 0 Å². The standard InChI is InChI=1S/C8H7N3O3.C5H10O2/c1-10-8(12)6-3-2-5(11(13)14)4-7(6)9-10;1-5(2,3)7-4-6/h2-4,9H,1H3;4H,1-3H3. The summed E-state index contributed by atoms with van der Waals surface area (Å²) in [7, 11) is 1.56. The quantitative estimate of drug-likeness (QED) is 0.515. The Kier molecular flexibility index (Phi) is 4.85. The number of aromatic amines is 1. The average Bonchev–Trinajstić information content (AvgIpc) is 2.64. The Labute approximate surface area is 120 Å². The lowest BCUT2D eigenvalue weighted by Gasteiger charge is -2.14. The molecule has 1 heterocycles. The molecule has 0 saturated heterocycles. The fourth-order valence-corrected chi connectivity index (χ4v) is 1.48. The number of nitro benzene ring substituents is 1. The second-order valence-electron chi connectivity index (χ2n) is 5.29. The van der Waals surface area contributed by atoms with Gasteiger partial charge in [-0.05, 0) is 26.8 Å². The van der Waals surface area contributed by atoms with Crippen LogP contribution in [0, 0.1) is 10.1 Å². The van der Waals surface area contributed by atoms with Crippen molar-refractivity contribution in [2.24, 2.45) is 7.05 Å². The minimum absolute atomic E-state index is 0.0284. The molecular weight excluding hydrogens is 278 g/mol. The molecule has 0 atom stereocenters. The number of carbonyl (C=O) groups excluding carboxylic acids is 1. The Hall–Kier alpha value is -2.64. The highest BCUT2D eigenvalue weighted by Gasteiger charge is 2.10. The third-order valence-corrected chi connectivity index (χ3v) is 2.44. The number of non-ortho nitro benzene ring substituents is 1. The summed E-state index contributed by atoms with van der Waals surface area (Å²) in [6.45, 7) is 5.92. The van der Waals surface area contributed by atoms with Crippen molar-refractivity contribution in [3.05, 3.63) is 38.7 Å². The maximum Gasteiger partial charge on any atom is 0.293 e. The van der Waals surface area contributed by atoms with E-state index >= 15 is 0 Å². The molecule has 1 N–H and O–H groups in total. The van der Waals surface area contributed by atoms with Crippen LogP contribution < -0.4 is 5.56 Å². The van der Waals surface area contributed by atoms with Crippen LogP contribution in [-0.4, -0.2) is 26.8 Å². The molecule has 0 fully saturated rings. The van der Waals surface area contributed by atoms with Crippen LogP contribution in [0.15, 0.2) is 23.0 Å². The van der Waals surface area contributed by atoms with Crippen molar-refractivity contribution in [1.29, 1.82) is 0 Å². The number of H-pyrrole nitrogens is 1. The van der Waals surface area contributed by atoms with Gasteiger partial charge in [0, 0.05) is 19.2 Å². The lowest BCUT2D eigenvalue weighted by atomic mass is 10.2. The third kappa shape index (κ3) is 4.44. The number of benzene rings is 1. The number of hydrogen-bond acceptors (Lipinski definition) is 5. The van der Waals surface area contributed by atoms with Gasteiger partial charge >= 0.3 is 0 Å². The SMILES string of the molecule is CC(C)(C)OC=O.Cn1[nH]c2cc([N+](=O)[O-])ccc2c1=O. The average molecular weight is 295 g/mol. The molecule has 0 aliphatic carbocycles.